The summed E-state index contributed by atoms with van der Waals surface area (Å²) in [5, 5.41) is 4.43. The van der Waals surface area contributed by atoms with Crippen molar-refractivity contribution >= 4 is 17.6 Å². The van der Waals surface area contributed by atoms with Crippen molar-refractivity contribution in [2.24, 2.45) is 5.10 Å². The van der Waals surface area contributed by atoms with Crippen LogP contribution in [0, 0.1) is 6.92 Å². The maximum Gasteiger partial charge on any atom is 0.0561 e. The van der Waals surface area contributed by atoms with Gasteiger partial charge < -0.3 is 4.90 Å². The first kappa shape index (κ1) is 17.5. The highest BCUT2D eigenvalue weighted by Gasteiger charge is 2.35. The Hall–Kier alpha value is -2.29. The summed E-state index contributed by atoms with van der Waals surface area (Å²) in [6.07, 6.45) is 3.11. The SMILES string of the molecule is CCN1c2cc(C)c(/C=N\Nc3ccccc3)cc2[C@H](C)CC1(C)C. The van der Waals surface area contributed by atoms with Crippen LogP contribution >= 0.6 is 0 Å². The number of para-hydroxylation sites is 1. The molecule has 0 bridgehead atoms. The molecule has 0 unspecified atom stereocenters. The Labute approximate surface area is 151 Å². The number of rotatable bonds is 4. The van der Waals surface area contributed by atoms with E-state index in [1.807, 2.05) is 36.5 Å². The van der Waals surface area contributed by atoms with Gasteiger partial charge in [-0.15, -0.1) is 0 Å². The van der Waals surface area contributed by atoms with Crippen molar-refractivity contribution in [3.63, 3.8) is 0 Å². The highest BCUT2D eigenvalue weighted by molar-refractivity contribution is 5.84. The molecule has 25 heavy (non-hydrogen) atoms. The van der Waals surface area contributed by atoms with Crippen molar-refractivity contribution < 1.29 is 0 Å². The van der Waals surface area contributed by atoms with E-state index in [2.05, 4.69) is 62.2 Å². The van der Waals surface area contributed by atoms with Gasteiger partial charge in [0.1, 0.15) is 0 Å². The number of anilines is 2. The van der Waals surface area contributed by atoms with E-state index in [9.17, 15) is 0 Å². The first-order valence-corrected chi connectivity index (χ1v) is 9.18. The Morgan fingerprint density at radius 1 is 1.24 bits per heavy atom. The van der Waals surface area contributed by atoms with E-state index < -0.39 is 0 Å². The fourth-order valence-electron chi connectivity index (χ4n) is 4.08. The predicted molar refractivity (Wildman–Crippen MR) is 109 cm³/mol. The number of benzene rings is 2. The minimum atomic E-state index is 0.206. The minimum Gasteiger partial charge on any atom is -0.366 e. The zero-order chi connectivity index (χ0) is 18.0. The van der Waals surface area contributed by atoms with Crippen LogP contribution in [0.1, 0.15) is 56.7 Å². The maximum absolute atomic E-state index is 4.43. The monoisotopic (exact) mass is 335 g/mol. The van der Waals surface area contributed by atoms with Gasteiger partial charge in [-0.05, 0) is 81.0 Å². The highest BCUT2D eigenvalue weighted by atomic mass is 15.3. The molecule has 0 spiro atoms. The normalized spacial score (nSPS) is 19.1. The molecule has 0 aromatic heterocycles. The molecule has 0 radical (unpaired) electrons. The van der Waals surface area contributed by atoms with E-state index in [1.165, 1.54) is 28.8 Å². The summed E-state index contributed by atoms with van der Waals surface area (Å²) in [7, 11) is 0. The molecule has 1 aliphatic heterocycles. The van der Waals surface area contributed by atoms with Crippen molar-refractivity contribution in [1.29, 1.82) is 0 Å². The van der Waals surface area contributed by atoms with E-state index in [-0.39, 0.29) is 5.54 Å². The molecule has 0 amide bonds. The standard InChI is InChI=1S/C22H29N3/c1-6-25-21-12-16(2)18(13-20(21)17(3)14-22(25,4)5)15-23-24-19-10-8-7-9-11-19/h7-13,15,17,24H,6,14H2,1-5H3/b23-15-/t17-/m1/s1. The minimum absolute atomic E-state index is 0.206. The molecule has 1 N–H and O–H groups in total. The van der Waals surface area contributed by atoms with E-state index >= 15 is 0 Å². The molecule has 0 saturated carbocycles. The van der Waals surface area contributed by atoms with Gasteiger partial charge in [0.15, 0.2) is 0 Å². The van der Waals surface area contributed by atoms with E-state index in [4.69, 9.17) is 0 Å². The number of hydrogen-bond donors (Lipinski definition) is 1. The quantitative estimate of drug-likeness (QED) is 0.585. The predicted octanol–water partition coefficient (Wildman–Crippen LogP) is 5.55. The topological polar surface area (TPSA) is 27.6 Å². The smallest absolute Gasteiger partial charge is 0.0561 e. The van der Waals surface area contributed by atoms with Gasteiger partial charge in [-0.3, -0.25) is 5.43 Å². The number of fused-ring (bicyclic) bond motifs is 1. The number of nitrogens with zero attached hydrogens (tertiary/aromatic N) is 2. The van der Waals surface area contributed by atoms with Crippen LogP contribution < -0.4 is 10.3 Å². The van der Waals surface area contributed by atoms with Crippen LogP contribution in [0.3, 0.4) is 0 Å². The van der Waals surface area contributed by atoms with Crippen LogP contribution in [0.5, 0.6) is 0 Å². The Kier molecular flexibility index (Phi) is 4.85. The molecule has 132 valence electrons. The van der Waals surface area contributed by atoms with Gasteiger partial charge in [-0.25, -0.2) is 0 Å². The molecule has 0 fully saturated rings. The van der Waals surface area contributed by atoms with Crippen molar-refractivity contribution in [2.45, 2.75) is 52.5 Å². The summed E-state index contributed by atoms with van der Waals surface area (Å²) in [4.78, 5) is 2.54. The van der Waals surface area contributed by atoms with E-state index in [1.54, 1.807) is 0 Å². The van der Waals surface area contributed by atoms with Gasteiger partial charge in [0.2, 0.25) is 0 Å². The average Bonchev–Trinajstić information content (AvgIpc) is 2.56. The fraction of sp³-hybridized carbons (Fsp3) is 0.409. The Morgan fingerprint density at radius 3 is 2.64 bits per heavy atom. The third-order valence-corrected chi connectivity index (χ3v) is 5.26. The van der Waals surface area contributed by atoms with Crippen LogP contribution in [0.15, 0.2) is 47.6 Å². The molecule has 1 atom stereocenters. The highest BCUT2D eigenvalue weighted by Crippen LogP contribution is 2.43. The fourth-order valence-corrected chi connectivity index (χ4v) is 4.08. The van der Waals surface area contributed by atoms with Crippen molar-refractivity contribution in [2.75, 3.05) is 16.9 Å². The lowest BCUT2D eigenvalue weighted by Crippen LogP contribution is -2.48. The average molecular weight is 335 g/mol. The van der Waals surface area contributed by atoms with Gasteiger partial charge >= 0.3 is 0 Å². The number of aryl methyl sites for hydroxylation is 1. The summed E-state index contributed by atoms with van der Waals surface area (Å²) in [5.74, 6) is 0.558. The van der Waals surface area contributed by atoms with Crippen molar-refractivity contribution in [3.8, 4) is 0 Å². The molecule has 3 heteroatoms. The summed E-state index contributed by atoms with van der Waals surface area (Å²) in [6, 6.07) is 14.7. The Balaban J connectivity index is 1.90. The molecule has 1 aliphatic rings. The zero-order valence-corrected chi connectivity index (χ0v) is 16.0. The molecular formula is C22H29N3. The second kappa shape index (κ2) is 6.91. The van der Waals surface area contributed by atoms with Gasteiger partial charge in [0, 0.05) is 17.8 Å². The van der Waals surface area contributed by atoms with E-state index in [0.717, 1.165) is 12.2 Å². The largest absolute Gasteiger partial charge is 0.366 e. The van der Waals surface area contributed by atoms with Gasteiger partial charge in [0.05, 0.1) is 11.9 Å². The molecule has 2 aromatic carbocycles. The molecular weight excluding hydrogens is 306 g/mol. The lowest BCUT2D eigenvalue weighted by molar-refractivity contribution is 0.381. The van der Waals surface area contributed by atoms with Gasteiger partial charge in [-0.2, -0.15) is 5.10 Å². The summed E-state index contributed by atoms with van der Waals surface area (Å²) in [6.45, 7) is 12.5. The third-order valence-electron chi connectivity index (χ3n) is 5.26. The first-order chi connectivity index (χ1) is 11.9. The number of nitrogens with one attached hydrogen (secondary N) is 1. The maximum atomic E-state index is 4.43. The molecule has 0 saturated heterocycles. The van der Waals surface area contributed by atoms with Crippen molar-refractivity contribution in [3.05, 3.63) is 59.2 Å². The Morgan fingerprint density at radius 2 is 1.96 bits per heavy atom. The first-order valence-electron chi connectivity index (χ1n) is 9.18. The lowest BCUT2D eigenvalue weighted by Gasteiger charge is -2.47. The molecule has 3 nitrogen and oxygen atoms in total. The number of hydrazone groups is 1. The summed E-state index contributed by atoms with van der Waals surface area (Å²) < 4.78 is 0. The van der Waals surface area contributed by atoms with Crippen LogP contribution in [-0.4, -0.2) is 18.3 Å². The van der Waals surface area contributed by atoms with Crippen molar-refractivity contribution in [1.82, 2.24) is 0 Å². The molecule has 1 heterocycles. The molecule has 3 rings (SSSR count). The van der Waals surface area contributed by atoms with Gasteiger partial charge in [0.25, 0.3) is 0 Å². The second-order valence-electron chi connectivity index (χ2n) is 7.67. The van der Waals surface area contributed by atoms with Crippen LogP contribution in [0.2, 0.25) is 0 Å². The lowest BCUT2D eigenvalue weighted by atomic mass is 9.79. The summed E-state index contributed by atoms with van der Waals surface area (Å²) >= 11 is 0. The molecule has 0 aliphatic carbocycles. The van der Waals surface area contributed by atoms with Crippen LogP contribution in [0.25, 0.3) is 0 Å². The number of hydrogen-bond acceptors (Lipinski definition) is 3. The zero-order valence-electron chi connectivity index (χ0n) is 16.0. The third kappa shape index (κ3) is 3.55. The van der Waals surface area contributed by atoms with E-state index in [0.29, 0.717) is 5.92 Å². The second-order valence-corrected chi connectivity index (χ2v) is 7.67. The van der Waals surface area contributed by atoms with Crippen LogP contribution in [-0.2, 0) is 0 Å². The molecule has 2 aromatic rings. The van der Waals surface area contributed by atoms with Crippen LogP contribution in [0.4, 0.5) is 11.4 Å². The Bertz CT molecular complexity index is 762. The summed E-state index contributed by atoms with van der Waals surface area (Å²) in [5.41, 5.74) is 9.59. The van der Waals surface area contributed by atoms with Gasteiger partial charge in [-0.1, -0.05) is 25.1 Å².